The van der Waals surface area contributed by atoms with Crippen molar-refractivity contribution in [3.8, 4) is 0 Å². The Hall–Kier alpha value is -1.30. The third kappa shape index (κ3) is 8.55. The number of nitrogens with one attached hydrogen (secondary N) is 1. The van der Waals surface area contributed by atoms with Crippen LogP contribution < -0.4 is 5.32 Å². The maximum absolute atomic E-state index is 12.4. The molecular formula is C15H30N2O4. The Morgan fingerprint density at radius 3 is 2.24 bits per heavy atom. The van der Waals surface area contributed by atoms with Crippen LogP contribution in [0, 0.1) is 5.92 Å². The molecule has 2 amide bonds. The number of carbonyl (C=O) groups excluding carboxylic acids is 2. The van der Waals surface area contributed by atoms with Gasteiger partial charge in [0.05, 0.1) is 0 Å². The summed E-state index contributed by atoms with van der Waals surface area (Å²) in [7, 11) is 3.35. The molecule has 0 rings (SSSR count). The van der Waals surface area contributed by atoms with Crippen LogP contribution in [0.5, 0.6) is 0 Å². The molecule has 0 aliphatic rings. The second-order valence-corrected chi connectivity index (χ2v) is 6.47. The molecule has 0 aromatic rings. The average molecular weight is 302 g/mol. The fourth-order valence-electron chi connectivity index (χ4n) is 1.74. The molecular weight excluding hydrogens is 272 g/mol. The van der Waals surface area contributed by atoms with Crippen LogP contribution in [0.1, 0.15) is 41.0 Å². The molecule has 0 spiro atoms. The van der Waals surface area contributed by atoms with E-state index in [-0.39, 0.29) is 11.8 Å². The highest BCUT2D eigenvalue weighted by Crippen LogP contribution is 2.10. The van der Waals surface area contributed by atoms with Gasteiger partial charge < -0.3 is 19.7 Å². The van der Waals surface area contributed by atoms with Crippen LogP contribution in [0.15, 0.2) is 0 Å². The summed E-state index contributed by atoms with van der Waals surface area (Å²) in [6, 6.07) is -0.590. The summed E-state index contributed by atoms with van der Waals surface area (Å²) in [6.07, 6.45) is 0.190. The van der Waals surface area contributed by atoms with E-state index in [0.717, 1.165) is 6.42 Å². The number of nitrogens with zero attached hydrogens (tertiary/aromatic N) is 1. The van der Waals surface area contributed by atoms with Crippen LogP contribution in [0.3, 0.4) is 0 Å². The predicted octanol–water partition coefficient (Wildman–Crippen LogP) is 2.03. The van der Waals surface area contributed by atoms with E-state index in [1.807, 2.05) is 13.8 Å². The van der Waals surface area contributed by atoms with E-state index in [1.165, 1.54) is 0 Å². The molecule has 0 heterocycles. The maximum Gasteiger partial charge on any atom is 0.408 e. The Balaban J connectivity index is 4.60. The zero-order valence-electron chi connectivity index (χ0n) is 14.4. The van der Waals surface area contributed by atoms with Crippen molar-refractivity contribution in [2.75, 3.05) is 27.3 Å². The number of amides is 2. The summed E-state index contributed by atoms with van der Waals surface area (Å²) in [5.41, 5.74) is -0.584. The first-order valence-corrected chi connectivity index (χ1v) is 7.32. The van der Waals surface area contributed by atoms with E-state index in [0.29, 0.717) is 13.2 Å². The van der Waals surface area contributed by atoms with E-state index in [1.54, 1.807) is 39.8 Å². The molecule has 0 aromatic carbocycles. The summed E-state index contributed by atoms with van der Waals surface area (Å²) in [6.45, 7) is 10.3. The average Bonchev–Trinajstić information content (AvgIpc) is 2.32. The van der Waals surface area contributed by atoms with Crippen molar-refractivity contribution in [3.63, 3.8) is 0 Å². The molecule has 0 bridgehead atoms. The number of methoxy groups -OCH3 is 1. The van der Waals surface area contributed by atoms with E-state index in [9.17, 15) is 9.59 Å². The Morgan fingerprint density at radius 1 is 1.24 bits per heavy atom. The number of hydrogen-bond donors (Lipinski definition) is 1. The molecule has 6 heteroatoms. The van der Waals surface area contributed by atoms with Crippen molar-refractivity contribution in [2.24, 2.45) is 5.92 Å². The number of rotatable bonds is 7. The molecule has 0 fully saturated rings. The fourth-order valence-corrected chi connectivity index (χ4v) is 1.74. The van der Waals surface area contributed by atoms with Crippen molar-refractivity contribution < 1.29 is 19.1 Å². The molecule has 1 unspecified atom stereocenters. The third-order valence-electron chi connectivity index (χ3n) is 2.82. The first-order chi connectivity index (χ1) is 9.58. The Bertz CT molecular complexity index is 337. The van der Waals surface area contributed by atoms with Crippen molar-refractivity contribution in [3.05, 3.63) is 0 Å². The Kier molecular flexibility index (Phi) is 8.32. The molecule has 6 nitrogen and oxygen atoms in total. The quantitative estimate of drug-likeness (QED) is 0.731. The second kappa shape index (κ2) is 8.87. The number of carbonyl (C=O) groups is 2. The predicted molar refractivity (Wildman–Crippen MR) is 82.1 cm³/mol. The first-order valence-electron chi connectivity index (χ1n) is 7.32. The molecule has 0 saturated heterocycles. The van der Waals surface area contributed by atoms with Gasteiger partial charge in [-0.15, -0.1) is 0 Å². The van der Waals surface area contributed by atoms with Crippen LogP contribution in [0.4, 0.5) is 4.79 Å². The summed E-state index contributed by atoms with van der Waals surface area (Å²) < 4.78 is 10.2. The molecule has 21 heavy (non-hydrogen) atoms. The van der Waals surface area contributed by atoms with E-state index in [2.05, 4.69) is 5.32 Å². The van der Waals surface area contributed by atoms with Crippen LogP contribution in [0.2, 0.25) is 0 Å². The number of hydrogen-bond acceptors (Lipinski definition) is 4. The third-order valence-corrected chi connectivity index (χ3v) is 2.82. The summed E-state index contributed by atoms with van der Waals surface area (Å²) in [4.78, 5) is 25.8. The molecule has 1 N–H and O–H groups in total. The van der Waals surface area contributed by atoms with Gasteiger partial charge in [-0.05, 0) is 33.1 Å². The largest absolute Gasteiger partial charge is 0.444 e. The van der Waals surface area contributed by atoms with Gasteiger partial charge in [-0.2, -0.15) is 0 Å². The summed E-state index contributed by atoms with van der Waals surface area (Å²) in [5.74, 6) is -0.137. The van der Waals surface area contributed by atoms with Crippen molar-refractivity contribution >= 4 is 12.0 Å². The number of alkyl carbamates (subject to hydrolysis) is 1. The zero-order chi connectivity index (χ0) is 16.6. The van der Waals surface area contributed by atoms with E-state index in [4.69, 9.17) is 9.47 Å². The normalized spacial score (nSPS) is 13.0. The zero-order valence-corrected chi connectivity index (χ0v) is 14.4. The van der Waals surface area contributed by atoms with Gasteiger partial charge in [0.25, 0.3) is 0 Å². The van der Waals surface area contributed by atoms with Crippen LogP contribution in [-0.4, -0.2) is 55.9 Å². The topological polar surface area (TPSA) is 67.9 Å². The number of likely N-dealkylation sites (N-methyl/N-ethyl adjacent to an activating group) is 1. The van der Waals surface area contributed by atoms with Gasteiger partial charge in [0.2, 0.25) is 5.91 Å². The van der Waals surface area contributed by atoms with Crippen molar-refractivity contribution in [2.45, 2.75) is 52.7 Å². The minimum Gasteiger partial charge on any atom is -0.444 e. The summed E-state index contributed by atoms with van der Waals surface area (Å²) >= 11 is 0. The first kappa shape index (κ1) is 19.7. The minimum absolute atomic E-state index is 0.0186. The van der Waals surface area contributed by atoms with Gasteiger partial charge in [0, 0.05) is 27.3 Å². The van der Waals surface area contributed by atoms with E-state index < -0.39 is 17.7 Å². The monoisotopic (exact) mass is 302 g/mol. The SMILES string of the molecule is COCCCN(C)C(=O)C(NC(=O)OC(C)(C)C)C(C)C. The van der Waals surface area contributed by atoms with Crippen molar-refractivity contribution in [1.29, 1.82) is 0 Å². The lowest BCUT2D eigenvalue weighted by molar-refractivity contribution is -0.133. The highest BCUT2D eigenvalue weighted by molar-refractivity contribution is 5.85. The van der Waals surface area contributed by atoms with E-state index >= 15 is 0 Å². The molecule has 0 aliphatic carbocycles. The van der Waals surface area contributed by atoms with Gasteiger partial charge >= 0.3 is 6.09 Å². The van der Waals surface area contributed by atoms with Gasteiger partial charge in [0.1, 0.15) is 11.6 Å². The highest BCUT2D eigenvalue weighted by Gasteiger charge is 2.28. The molecule has 124 valence electrons. The molecule has 0 radical (unpaired) electrons. The smallest absolute Gasteiger partial charge is 0.408 e. The molecule has 1 atom stereocenters. The molecule has 0 saturated carbocycles. The minimum atomic E-state index is -0.590. The van der Waals surface area contributed by atoms with Gasteiger partial charge in [0.15, 0.2) is 0 Å². The molecule has 0 aliphatic heterocycles. The van der Waals surface area contributed by atoms with Crippen molar-refractivity contribution in [1.82, 2.24) is 10.2 Å². The number of ether oxygens (including phenoxy) is 2. The lowest BCUT2D eigenvalue weighted by Crippen LogP contribution is -2.51. The van der Waals surface area contributed by atoms with Gasteiger partial charge in [-0.1, -0.05) is 13.8 Å². The Morgan fingerprint density at radius 2 is 1.81 bits per heavy atom. The fraction of sp³-hybridized carbons (Fsp3) is 0.867. The van der Waals surface area contributed by atoms with Gasteiger partial charge in [-0.25, -0.2) is 4.79 Å². The lowest BCUT2D eigenvalue weighted by Gasteiger charge is -2.28. The standard InChI is InChI=1S/C15H30N2O4/c1-11(2)12(16-14(19)21-15(3,4)5)13(18)17(6)9-8-10-20-7/h11-12H,8-10H2,1-7H3,(H,16,19). The van der Waals surface area contributed by atoms with Crippen LogP contribution >= 0.6 is 0 Å². The highest BCUT2D eigenvalue weighted by atomic mass is 16.6. The maximum atomic E-state index is 12.4. The lowest BCUT2D eigenvalue weighted by atomic mass is 10.0. The second-order valence-electron chi connectivity index (χ2n) is 6.47. The Labute approximate surface area is 128 Å². The summed E-state index contributed by atoms with van der Waals surface area (Å²) in [5, 5.41) is 2.66. The van der Waals surface area contributed by atoms with Gasteiger partial charge in [-0.3, -0.25) is 4.79 Å². The van der Waals surface area contributed by atoms with Crippen LogP contribution in [-0.2, 0) is 14.3 Å². The molecule has 0 aromatic heterocycles. The van der Waals surface area contributed by atoms with Crippen LogP contribution in [0.25, 0.3) is 0 Å².